The molecule has 3 rings (SSSR count). The second-order valence-corrected chi connectivity index (χ2v) is 8.58. The highest BCUT2D eigenvalue weighted by atomic mass is 16.6. The van der Waals surface area contributed by atoms with Gasteiger partial charge in [-0.2, -0.15) is 0 Å². The van der Waals surface area contributed by atoms with Crippen LogP contribution in [0.4, 0.5) is 10.5 Å². The molecule has 1 aliphatic rings. The fourth-order valence-electron chi connectivity index (χ4n) is 3.55. The van der Waals surface area contributed by atoms with Crippen LogP contribution in [-0.4, -0.2) is 45.3 Å². The molecule has 1 amide bonds. The molecule has 0 bridgehead atoms. The van der Waals surface area contributed by atoms with Gasteiger partial charge in [0.05, 0.1) is 12.0 Å². The van der Waals surface area contributed by atoms with E-state index < -0.39 is 5.60 Å². The number of alkyl carbamates (subject to hydrolysis) is 1. The molecule has 0 radical (unpaired) electrons. The van der Waals surface area contributed by atoms with Crippen molar-refractivity contribution < 1.29 is 9.53 Å². The van der Waals surface area contributed by atoms with Crippen LogP contribution in [0.25, 0.3) is 5.69 Å². The molecule has 28 heavy (non-hydrogen) atoms. The van der Waals surface area contributed by atoms with E-state index in [-0.39, 0.29) is 12.1 Å². The first-order valence-electron chi connectivity index (χ1n) is 9.80. The Morgan fingerprint density at radius 2 is 2.14 bits per heavy atom. The molecule has 1 aromatic heterocycles. The van der Waals surface area contributed by atoms with Crippen molar-refractivity contribution >= 4 is 11.8 Å². The van der Waals surface area contributed by atoms with Gasteiger partial charge < -0.3 is 20.4 Å². The van der Waals surface area contributed by atoms with E-state index in [1.165, 1.54) is 0 Å². The highest BCUT2D eigenvalue weighted by molar-refractivity contribution is 5.68. The van der Waals surface area contributed by atoms with Crippen molar-refractivity contribution in [3.05, 3.63) is 42.0 Å². The van der Waals surface area contributed by atoms with Gasteiger partial charge in [0.2, 0.25) is 0 Å². The summed E-state index contributed by atoms with van der Waals surface area (Å²) in [6, 6.07) is 6.20. The van der Waals surface area contributed by atoms with Crippen molar-refractivity contribution in [1.29, 1.82) is 0 Å². The van der Waals surface area contributed by atoms with E-state index in [1.54, 1.807) is 6.33 Å². The summed E-state index contributed by atoms with van der Waals surface area (Å²) >= 11 is 0. The zero-order valence-corrected chi connectivity index (χ0v) is 17.2. The molecule has 0 saturated carbocycles. The van der Waals surface area contributed by atoms with Crippen LogP contribution < -0.4 is 11.1 Å². The van der Waals surface area contributed by atoms with Gasteiger partial charge in [0.25, 0.3) is 0 Å². The van der Waals surface area contributed by atoms with E-state index in [0.717, 1.165) is 55.1 Å². The molecule has 7 heteroatoms. The third kappa shape index (κ3) is 5.73. The minimum Gasteiger partial charge on any atom is -0.444 e. The third-order valence-electron chi connectivity index (χ3n) is 4.64. The van der Waals surface area contributed by atoms with Crippen molar-refractivity contribution in [2.45, 2.75) is 58.7 Å². The molecule has 3 N–H and O–H groups in total. The number of piperidine rings is 1. The molecule has 7 nitrogen and oxygen atoms in total. The molecule has 0 unspecified atom stereocenters. The third-order valence-corrected chi connectivity index (χ3v) is 4.64. The van der Waals surface area contributed by atoms with Crippen LogP contribution in [0.2, 0.25) is 0 Å². The number of imidazole rings is 1. The Bertz CT molecular complexity index is 824. The quantitative estimate of drug-likeness (QED) is 0.789. The first kappa shape index (κ1) is 20.2. The van der Waals surface area contributed by atoms with Gasteiger partial charge in [-0.25, -0.2) is 9.78 Å². The number of hydrogen-bond acceptors (Lipinski definition) is 5. The molecule has 2 aromatic rings. The minimum atomic E-state index is -0.484. The Hall–Kier alpha value is -2.54. The summed E-state index contributed by atoms with van der Waals surface area (Å²) in [5.41, 5.74) is 9.52. The van der Waals surface area contributed by atoms with Crippen LogP contribution >= 0.6 is 0 Å². The summed E-state index contributed by atoms with van der Waals surface area (Å²) in [6.07, 6.45) is 5.44. The number of benzene rings is 1. The van der Waals surface area contributed by atoms with Crippen LogP contribution in [0.5, 0.6) is 0 Å². The average molecular weight is 386 g/mol. The lowest BCUT2D eigenvalue weighted by molar-refractivity contribution is 0.0470. The lowest BCUT2D eigenvalue weighted by Gasteiger charge is -2.33. The normalized spacial score (nSPS) is 18.1. The number of nitrogens with zero attached hydrogens (tertiary/aromatic N) is 3. The summed E-state index contributed by atoms with van der Waals surface area (Å²) in [6.45, 7) is 10.2. The average Bonchev–Trinajstić information content (AvgIpc) is 2.99. The zero-order chi connectivity index (χ0) is 20.3. The van der Waals surface area contributed by atoms with Gasteiger partial charge in [0.1, 0.15) is 5.60 Å². The molecule has 1 fully saturated rings. The lowest BCUT2D eigenvalue weighted by Crippen LogP contribution is -2.48. The highest BCUT2D eigenvalue weighted by Gasteiger charge is 2.24. The van der Waals surface area contributed by atoms with E-state index in [9.17, 15) is 4.79 Å². The molecule has 1 aliphatic heterocycles. The van der Waals surface area contributed by atoms with Crippen LogP contribution in [0.1, 0.15) is 44.9 Å². The van der Waals surface area contributed by atoms with Gasteiger partial charge >= 0.3 is 6.09 Å². The van der Waals surface area contributed by atoms with Crippen molar-refractivity contribution in [2.75, 3.05) is 18.8 Å². The predicted octanol–water partition coefficient (Wildman–Crippen LogP) is 3.25. The minimum absolute atomic E-state index is 0.0976. The van der Waals surface area contributed by atoms with Crippen molar-refractivity contribution in [2.24, 2.45) is 0 Å². The summed E-state index contributed by atoms with van der Waals surface area (Å²) in [7, 11) is 0. The first-order valence-corrected chi connectivity index (χ1v) is 9.80. The lowest BCUT2D eigenvalue weighted by atomic mass is 10.0. The molecular formula is C21H31N5O2. The number of anilines is 1. The first-order chi connectivity index (χ1) is 13.2. The molecule has 1 saturated heterocycles. The van der Waals surface area contributed by atoms with Gasteiger partial charge in [0, 0.05) is 36.7 Å². The standard InChI is InChI=1S/C21H31N5O2/c1-15-11-26(14-23-15)19-9-16(8-17(22)10-19)12-25-7-5-6-18(13-25)24-20(27)28-21(2,3)4/h8-11,14,18H,5-7,12-13,22H2,1-4H3,(H,24,27)/t18-/m1/s1. The molecule has 2 heterocycles. The Morgan fingerprint density at radius 3 is 2.82 bits per heavy atom. The van der Waals surface area contributed by atoms with Gasteiger partial charge in [-0.1, -0.05) is 0 Å². The number of carbonyl (C=O) groups excluding carboxylic acids is 1. The van der Waals surface area contributed by atoms with Crippen molar-refractivity contribution in [3.8, 4) is 5.69 Å². The van der Waals surface area contributed by atoms with Crippen LogP contribution in [0.15, 0.2) is 30.7 Å². The molecular weight excluding hydrogens is 354 g/mol. The van der Waals surface area contributed by atoms with E-state index in [4.69, 9.17) is 10.5 Å². The molecule has 1 atom stereocenters. The van der Waals surface area contributed by atoms with Gasteiger partial charge in [0.15, 0.2) is 0 Å². The van der Waals surface area contributed by atoms with Crippen molar-refractivity contribution in [3.63, 3.8) is 0 Å². The smallest absolute Gasteiger partial charge is 0.407 e. The summed E-state index contributed by atoms with van der Waals surface area (Å²) in [5.74, 6) is 0. The molecule has 152 valence electrons. The van der Waals surface area contributed by atoms with Gasteiger partial charge in [-0.3, -0.25) is 4.90 Å². The number of amides is 1. The number of aryl methyl sites for hydroxylation is 1. The number of nitrogen functional groups attached to an aromatic ring is 1. The Kier molecular flexibility index (Phi) is 5.93. The fourth-order valence-corrected chi connectivity index (χ4v) is 3.55. The number of rotatable bonds is 4. The number of carbonyl (C=O) groups is 1. The maximum absolute atomic E-state index is 12.1. The number of nitrogens with two attached hydrogens (primary N) is 1. The number of hydrogen-bond donors (Lipinski definition) is 2. The summed E-state index contributed by atoms with van der Waals surface area (Å²) in [4.78, 5) is 18.7. The molecule has 1 aromatic carbocycles. The predicted molar refractivity (Wildman–Crippen MR) is 110 cm³/mol. The molecule has 0 spiro atoms. The summed E-state index contributed by atoms with van der Waals surface area (Å²) < 4.78 is 7.37. The number of aromatic nitrogens is 2. The number of ether oxygens (including phenoxy) is 1. The zero-order valence-electron chi connectivity index (χ0n) is 17.2. The topological polar surface area (TPSA) is 85.4 Å². The maximum Gasteiger partial charge on any atom is 0.407 e. The summed E-state index contributed by atoms with van der Waals surface area (Å²) in [5, 5.41) is 3.00. The van der Waals surface area contributed by atoms with Gasteiger partial charge in [-0.05, 0) is 70.8 Å². The maximum atomic E-state index is 12.1. The monoisotopic (exact) mass is 385 g/mol. The van der Waals surface area contributed by atoms with E-state index in [0.29, 0.717) is 0 Å². The number of likely N-dealkylation sites (tertiary alicyclic amines) is 1. The second kappa shape index (κ2) is 8.22. The Balaban J connectivity index is 1.63. The van der Waals surface area contributed by atoms with E-state index >= 15 is 0 Å². The molecule has 0 aliphatic carbocycles. The second-order valence-electron chi connectivity index (χ2n) is 8.58. The largest absolute Gasteiger partial charge is 0.444 e. The Labute approximate surface area is 166 Å². The fraction of sp³-hybridized carbons (Fsp3) is 0.524. The van der Waals surface area contributed by atoms with Crippen LogP contribution in [0, 0.1) is 6.92 Å². The van der Waals surface area contributed by atoms with Crippen LogP contribution in [0.3, 0.4) is 0 Å². The van der Waals surface area contributed by atoms with Gasteiger partial charge in [-0.15, -0.1) is 0 Å². The Morgan fingerprint density at radius 1 is 1.36 bits per heavy atom. The van der Waals surface area contributed by atoms with E-state index in [1.807, 2.05) is 50.6 Å². The van der Waals surface area contributed by atoms with Crippen molar-refractivity contribution in [1.82, 2.24) is 19.8 Å². The number of nitrogens with one attached hydrogen (secondary N) is 1. The highest BCUT2D eigenvalue weighted by Crippen LogP contribution is 2.20. The van der Waals surface area contributed by atoms with E-state index in [2.05, 4.69) is 21.3 Å². The SMILES string of the molecule is Cc1cn(-c2cc(N)cc(CN3CCC[C@@H](NC(=O)OC(C)(C)C)C3)c2)cn1. The van der Waals surface area contributed by atoms with Crippen LogP contribution in [-0.2, 0) is 11.3 Å².